The lowest BCUT2D eigenvalue weighted by molar-refractivity contribution is -0.151. The standard InChI is InChI=1S/C9H17NO3/c1-6(2)9(12)13-5-8(11)10-7(3)4/h6-7H,5H2,1-4H3,(H,10,11). The summed E-state index contributed by atoms with van der Waals surface area (Å²) in [7, 11) is 0. The maximum Gasteiger partial charge on any atom is 0.308 e. The Kier molecular flexibility index (Phi) is 5.11. The van der Waals surface area contributed by atoms with Crippen molar-refractivity contribution in [1.82, 2.24) is 5.32 Å². The van der Waals surface area contributed by atoms with Crippen molar-refractivity contribution in [3.8, 4) is 0 Å². The van der Waals surface area contributed by atoms with Crippen LogP contribution >= 0.6 is 0 Å². The molecule has 1 amide bonds. The Hall–Kier alpha value is -1.06. The van der Waals surface area contributed by atoms with Crippen LogP contribution in [0.5, 0.6) is 0 Å². The van der Waals surface area contributed by atoms with Crippen molar-refractivity contribution < 1.29 is 14.3 Å². The zero-order valence-corrected chi connectivity index (χ0v) is 8.59. The summed E-state index contributed by atoms with van der Waals surface area (Å²) in [5.41, 5.74) is 0. The Morgan fingerprint density at radius 1 is 1.23 bits per heavy atom. The lowest BCUT2D eigenvalue weighted by atomic mass is 10.2. The maximum atomic E-state index is 11.0. The molecule has 0 aromatic heterocycles. The molecule has 0 aromatic carbocycles. The van der Waals surface area contributed by atoms with Crippen LogP contribution in [0.15, 0.2) is 0 Å². The minimum atomic E-state index is -0.348. The molecular formula is C9H17NO3. The van der Waals surface area contributed by atoms with Gasteiger partial charge >= 0.3 is 5.97 Å². The molecule has 0 radical (unpaired) electrons. The number of rotatable bonds is 4. The molecule has 0 aliphatic heterocycles. The number of nitrogens with one attached hydrogen (secondary N) is 1. The predicted molar refractivity (Wildman–Crippen MR) is 49.1 cm³/mol. The zero-order chi connectivity index (χ0) is 10.4. The van der Waals surface area contributed by atoms with Crippen molar-refractivity contribution in [3.63, 3.8) is 0 Å². The monoisotopic (exact) mass is 187 g/mol. The average molecular weight is 187 g/mol. The largest absolute Gasteiger partial charge is 0.455 e. The summed E-state index contributed by atoms with van der Waals surface area (Å²) >= 11 is 0. The van der Waals surface area contributed by atoms with E-state index in [4.69, 9.17) is 4.74 Å². The molecular weight excluding hydrogens is 170 g/mol. The van der Waals surface area contributed by atoms with Gasteiger partial charge in [-0.15, -0.1) is 0 Å². The molecule has 0 heterocycles. The van der Waals surface area contributed by atoms with Crippen LogP contribution in [-0.2, 0) is 14.3 Å². The number of ether oxygens (including phenoxy) is 1. The molecule has 4 nitrogen and oxygen atoms in total. The van der Waals surface area contributed by atoms with E-state index in [2.05, 4.69) is 5.32 Å². The van der Waals surface area contributed by atoms with E-state index >= 15 is 0 Å². The summed E-state index contributed by atoms with van der Waals surface area (Å²) in [5.74, 6) is -0.797. The SMILES string of the molecule is CC(C)NC(=O)COC(=O)C(C)C. The number of hydrogen-bond acceptors (Lipinski definition) is 3. The molecule has 1 N–H and O–H groups in total. The third kappa shape index (κ3) is 6.13. The van der Waals surface area contributed by atoms with Gasteiger partial charge in [-0.1, -0.05) is 13.8 Å². The Balaban J connectivity index is 3.64. The minimum Gasteiger partial charge on any atom is -0.455 e. The first-order chi connectivity index (χ1) is 5.93. The van der Waals surface area contributed by atoms with E-state index in [9.17, 15) is 9.59 Å². The molecule has 0 saturated heterocycles. The second kappa shape index (κ2) is 5.56. The highest BCUT2D eigenvalue weighted by molar-refractivity contribution is 5.81. The molecule has 76 valence electrons. The van der Waals surface area contributed by atoms with Crippen LogP contribution in [0.3, 0.4) is 0 Å². The summed E-state index contributed by atoms with van der Waals surface area (Å²) in [5, 5.41) is 2.62. The van der Waals surface area contributed by atoms with Crippen LogP contribution in [0.1, 0.15) is 27.7 Å². The fraction of sp³-hybridized carbons (Fsp3) is 0.778. The molecule has 0 aliphatic rings. The van der Waals surface area contributed by atoms with Gasteiger partial charge in [0.25, 0.3) is 5.91 Å². The summed E-state index contributed by atoms with van der Waals surface area (Å²) in [6.45, 7) is 6.96. The predicted octanol–water partition coefficient (Wildman–Crippen LogP) is 0.710. The molecule has 0 atom stereocenters. The number of amides is 1. The van der Waals surface area contributed by atoms with Crippen molar-refractivity contribution in [2.75, 3.05) is 6.61 Å². The maximum absolute atomic E-state index is 11.0. The van der Waals surface area contributed by atoms with Crippen molar-refractivity contribution in [1.29, 1.82) is 0 Å². The number of hydrogen-bond donors (Lipinski definition) is 1. The third-order valence-corrected chi connectivity index (χ3v) is 1.27. The molecule has 0 unspecified atom stereocenters. The molecule has 0 bridgehead atoms. The van der Waals surface area contributed by atoms with Gasteiger partial charge < -0.3 is 10.1 Å². The molecule has 0 spiro atoms. The highest BCUT2D eigenvalue weighted by Gasteiger charge is 2.11. The van der Waals surface area contributed by atoms with Crippen molar-refractivity contribution >= 4 is 11.9 Å². The van der Waals surface area contributed by atoms with Crippen LogP contribution in [0.4, 0.5) is 0 Å². The van der Waals surface area contributed by atoms with Crippen molar-refractivity contribution in [2.45, 2.75) is 33.7 Å². The first-order valence-electron chi connectivity index (χ1n) is 4.39. The Morgan fingerprint density at radius 2 is 1.77 bits per heavy atom. The van der Waals surface area contributed by atoms with Gasteiger partial charge in [-0.3, -0.25) is 9.59 Å². The molecule has 13 heavy (non-hydrogen) atoms. The van der Waals surface area contributed by atoms with Gasteiger partial charge in [0.1, 0.15) is 0 Å². The van der Waals surface area contributed by atoms with E-state index in [1.807, 2.05) is 13.8 Å². The summed E-state index contributed by atoms with van der Waals surface area (Å²) in [6.07, 6.45) is 0. The van der Waals surface area contributed by atoms with Crippen LogP contribution in [0.2, 0.25) is 0 Å². The van der Waals surface area contributed by atoms with Gasteiger partial charge in [0.15, 0.2) is 6.61 Å². The fourth-order valence-corrected chi connectivity index (χ4v) is 0.667. The normalized spacial score (nSPS) is 10.3. The van der Waals surface area contributed by atoms with Crippen molar-refractivity contribution in [3.05, 3.63) is 0 Å². The number of carbonyl (C=O) groups is 2. The lowest BCUT2D eigenvalue weighted by Crippen LogP contribution is -2.34. The highest BCUT2D eigenvalue weighted by Crippen LogP contribution is 1.95. The number of carbonyl (C=O) groups excluding carboxylic acids is 2. The quantitative estimate of drug-likeness (QED) is 0.659. The lowest BCUT2D eigenvalue weighted by Gasteiger charge is -2.09. The van der Waals surface area contributed by atoms with Crippen LogP contribution in [0, 0.1) is 5.92 Å². The molecule has 0 saturated carbocycles. The Bertz CT molecular complexity index is 187. The summed E-state index contributed by atoms with van der Waals surface area (Å²) in [4.78, 5) is 21.9. The smallest absolute Gasteiger partial charge is 0.308 e. The van der Waals surface area contributed by atoms with E-state index in [0.29, 0.717) is 0 Å². The summed E-state index contributed by atoms with van der Waals surface area (Å²) < 4.78 is 4.72. The van der Waals surface area contributed by atoms with Gasteiger partial charge in [0.05, 0.1) is 5.92 Å². The molecule has 0 aliphatic carbocycles. The van der Waals surface area contributed by atoms with E-state index in [1.54, 1.807) is 13.8 Å². The Morgan fingerprint density at radius 3 is 2.15 bits per heavy atom. The fourth-order valence-electron chi connectivity index (χ4n) is 0.667. The van der Waals surface area contributed by atoms with Gasteiger partial charge in [-0.2, -0.15) is 0 Å². The first-order valence-corrected chi connectivity index (χ1v) is 4.39. The third-order valence-electron chi connectivity index (χ3n) is 1.27. The Labute approximate surface area is 78.6 Å². The number of esters is 1. The van der Waals surface area contributed by atoms with Crippen LogP contribution in [-0.4, -0.2) is 24.5 Å². The van der Waals surface area contributed by atoms with Crippen LogP contribution in [0.25, 0.3) is 0 Å². The second-order valence-electron chi connectivity index (χ2n) is 3.48. The van der Waals surface area contributed by atoms with Gasteiger partial charge in [-0.05, 0) is 13.8 Å². The highest BCUT2D eigenvalue weighted by atomic mass is 16.5. The van der Waals surface area contributed by atoms with Gasteiger partial charge in [0, 0.05) is 6.04 Å². The van der Waals surface area contributed by atoms with Gasteiger partial charge in [-0.25, -0.2) is 0 Å². The van der Waals surface area contributed by atoms with Gasteiger partial charge in [0.2, 0.25) is 0 Å². The molecule has 0 aromatic rings. The van der Waals surface area contributed by atoms with Crippen molar-refractivity contribution in [2.24, 2.45) is 5.92 Å². The van der Waals surface area contributed by atoms with E-state index in [0.717, 1.165) is 0 Å². The van der Waals surface area contributed by atoms with Crippen LogP contribution < -0.4 is 5.32 Å². The average Bonchev–Trinajstić information content (AvgIpc) is 1.98. The topological polar surface area (TPSA) is 55.4 Å². The molecule has 0 fully saturated rings. The zero-order valence-electron chi connectivity index (χ0n) is 8.59. The minimum absolute atomic E-state index is 0.0743. The van der Waals surface area contributed by atoms with E-state index < -0.39 is 0 Å². The van der Waals surface area contributed by atoms with E-state index in [-0.39, 0.29) is 30.4 Å². The van der Waals surface area contributed by atoms with E-state index in [1.165, 1.54) is 0 Å². The molecule has 0 rings (SSSR count). The first kappa shape index (κ1) is 11.9. The second-order valence-corrected chi connectivity index (χ2v) is 3.48. The molecule has 4 heteroatoms. The summed E-state index contributed by atoms with van der Waals surface area (Å²) in [6, 6.07) is 0.0743.